The summed E-state index contributed by atoms with van der Waals surface area (Å²) in [7, 11) is 0. The number of nitrogens with zero attached hydrogens (tertiary/aromatic N) is 1. The average Bonchev–Trinajstić information content (AvgIpc) is 2.35. The maximum absolute atomic E-state index is 5.61. The normalized spacial score (nSPS) is 38.4. The Labute approximate surface area is 93.2 Å². The van der Waals surface area contributed by atoms with E-state index in [4.69, 9.17) is 4.74 Å². The molecule has 1 saturated carbocycles. The molecule has 2 aliphatic rings. The van der Waals surface area contributed by atoms with E-state index in [9.17, 15) is 0 Å². The van der Waals surface area contributed by atoms with E-state index in [1.807, 2.05) is 0 Å². The molecule has 0 bridgehead atoms. The second kappa shape index (κ2) is 5.28. The van der Waals surface area contributed by atoms with Gasteiger partial charge in [-0.1, -0.05) is 6.92 Å². The van der Waals surface area contributed by atoms with Crippen molar-refractivity contribution in [3.8, 4) is 0 Å². The third-order valence-electron chi connectivity index (χ3n) is 3.60. The Morgan fingerprint density at radius 2 is 2.20 bits per heavy atom. The van der Waals surface area contributed by atoms with Gasteiger partial charge in [-0.15, -0.1) is 0 Å². The van der Waals surface area contributed by atoms with Crippen LogP contribution in [-0.2, 0) is 4.74 Å². The molecule has 1 heterocycles. The third-order valence-corrected chi connectivity index (χ3v) is 3.60. The maximum Gasteiger partial charge on any atom is 0.0604 e. The standard InChI is InChI=1S/C12H24N2O/c1-3-15-12-6-11(7-12)14-5-4-13-8-10(2)9-14/h10-13H,3-9H2,1-2H3. The molecule has 15 heavy (non-hydrogen) atoms. The minimum Gasteiger partial charge on any atom is -0.378 e. The van der Waals surface area contributed by atoms with Crippen molar-refractivity contribution in [2.24, 2.45) is 5.92 Å². The van der Waals surface area contributed by atoms with E-state index in [0.29, 0.717) is 6.10 Å². The van der Waals surface area contributed by atoms with Crippen LogP contribution in [0.15, 0.2) is 0 Å². The Bertz CT molecular complexity index is 192. The van der Waals surface area contributed by atoms with Gasteiger partial charge in [-0.05, 0) is 32.2 Å². The first-order valence-corrected chi connectivity index (χ1v) is 6.36. The molecule has 1 aliphatic heterocycles. The fraction of sp³-hybridized carbons (Fsp3) is 1.00. The highest BCUT2D eigenvalue weighted by atomic mass is 16.5. The van der Waals surface area contributed by atoms with Gasteiger partial charge in [-0.25, -0.2) is 0 Å². The van der Waals surface area contributed by atoms with Gasteiger partial charge < -0.3 is 10.1 Å². The Morgan fingerprint density at radius 3 is 2.93 bits per heavy atom. The molecule has 2 fully saturated rings. The zero-order chi connectivity index (χ0) is 10.7. The van der Waals surface area contributed by atoms with E-state index in [1.165, 1.54) is 32.5 Å². The van der Waals surface area contributed by atoms with E-state index in [2.05, 4.69) is 24.1 Å². The van der Waals surface area contributed by atoms with Gasteiger partial charge in [0.25, 0.3) is 0 Å². The first-order chi connectivity index (χ1) is 7.29. The lowest BCUT2D eigenvalue weighted by Crippen LogP contribution is -2.49. The van der Waals surface area contributed by atoms with Crippen molar-refractivity contribution in [2.45, 2.75) is 38.8 Å². The van der Waals surface area contributed by atoms with Crippen molar-refractivity contribution in [1.82, 2.24) is 10.2 Å². The molecular weight excluding hydrogens is 188 g/mol. The van der Waals surface area contributed by atoms with Crippen LogP contribution in [0.1, 0.15) is 26.7 Å². The van der Waals surface area contributed by atoms with Gasteiger partial charge in [-0.3, -0.25) is 4.90 Å². The van der Waals surface area contributed by atoms with Crippen LogP contribution in [0.25, 0.3) is 0 Å². The molecular formula is C12H24N2O. The van der Waals surface area contributed by atoms with Crippen LogP contribution in [0, 0.1) is 5.92 Å². The first kappa shape index (κ1) is 11.4. The van der Waals surface area contributed by atoms with Crippen LogP contribution in [0.3, 0.4) is 0 Å². The molecule has 88 valence electrons. The van der Waals surface area contributed by atoms with Crippen molar-refractivity contribution >= 4 is 0 Å². The molecule has 0 aromatic rings. The minimum absolute atomic E-state index is 0.548. The molecule has 3 heteroatoms. The van der Waals surface area contributed by atoms with Gasteiger partial charge in [0.05, 0.1) is 6.10 Å². The average molecular weight is 212 g/mol. The van der Waals surface area contributed by atoms with Gasteiger partial charge in [0.15, 0.2) is 0 Å². The van der Waals surface area contributed by atoms with Crippen LogP contribution in [-0.4, -0.2) is 49.8 Å². The van der Waals surface area contributed by atoms with E-state index >= 15 is 0 Å². The zero-order valence-electron chi connectivity index (χ0n) is 10.0. The summed E-state index contributed by atoms with van der Waals surface area (Å²) in [5.41, 5.74) is 0. The highest BCUT2D eigenvalue weighted by molar-refractivity contribution is 4.89. The van der Waals surface area contributed by atoms with Crippen molar-refractivity contribution < 1.29 is 4.74 Å². The Hall–Kier alpha value is -0.120. The van der Waals surface area contributed by atoms with Crippen LogP contribution < -0.4 is 5.32 Å². The largest absolute Gasteiger partial charge is 0.378 e. The second-order valence-electron chi connectivity index (χ2n) is 5.01. The summed E-state index contributed by atoms with van der Waals surface area (Å²) in [4.78, 5) is 2.65. The quantitative estimate of drug-likeness (QED) is 0.758. The smallest absolute Gasteiger partial charge is 0.0604 e. The lowest BCUT2D eigenvalue weighted by molar-refractivity contribution is -0.0468. The first-order valence-electron chi connectivity index (χ1n) is 6.36. The van der Waals surface area contributed by atoms with Crippen molar-refractivity contribution in [3.05, 3.63) is 0 Å². The molecule has 3 nitrogen and oxygen atoms in total. The van der Waals surface area contributed by atoms with Gasteiger partial charge in [-0.2, -0.15) is 0 Å². The third kappa shape index (κ3) is 2.92. The lowest BCUT2D eigenvalue weighted by Gasteiger charge is -2.42. The number of nitrogens with one attached hydrogen (secondary N) is 1. The molecule has 2 rings (SSSR count). The fourth-order valence-corrected chi connectivity index (χ4v) is 2.67. The monoisotopic (exact) mass is 212 g/mol. The van der Waals surface area contributed by atoms with Crippen LogP contribution >= 0.6 is 0 Å². The zero-order valence-corrected chi connectivity index (χ0v) is 10.0. The summed E-state index contributed by atoms with van der Waals surface area (Å²) < 4.78 is 5.61. The predicted molar refractivity (Wildman–Crippen MR) is 62.0 cm³/mol. The molecule has 1 atom stereocenters. The van der Waals surface area contributed by atoms with Gasteiger partial charge in [0, 0.05) is 32.3 Å². The second-order valence-corrected chi connectivity index (χ2v) is 5.01. The number of hydrogen-bond donors (Lipinski definition) is 1. The highest BCUT2D eigenvalue weighted by Gasteiger charge is 2.34. The molecule has 0 amide bonds. The van der Waals surface area contributed by atoms with E-state index in [0.717, 1.165) is 25.1 Å². The SMILES string of the molecule is CCOC1CC(N2CCNCC(C)C2)C1. The topological polar surface area (TPSA) is 24.5 Å². The number of ether oxygens (including phenoxy) is 1. The van der Waals surface area contributed by atoms with E-state index in [-0.39, 0.29) is 0 Å². The van der Waals surface area contributed by atoms with Gasteiger partial charge in [0.1, 0.15) is 0 Å². The molecule has 1 saturated heterocycles. The molecule has 1 aliphatic carbocycles. The number of rotatable bonds is 3. The van der Waals surface area contributed by atoms with Gasteiger partial charge >= 0.3 is 0 Å². The van der Waals surface area contributed by atoms with Crippen molar-refractivity contribution in [1.29, 1.82) is 0 Å². The van der Waals surface area contributed by atoms with E-state index in [1.54, 1.807) is 0 Å². The van der Waals surface area contributed by atoms with Crippen LogP contribution in [0.4, 0.5) is 0 Å². The molecule has 1 N–H and O–H groups in total. The van der Waals surface area contributed by atoms with Crippen LogP contribution in [0.2, 0.25) is 0 Å². The van der Waals surface area contributed by atoms with Crippen LogP contribution in [0.5, 0.6) is 0 Å². The predicted octanol–water partition coefficient (Wildman–Crippen LogP) is 1.10. The summed E-state index contributed by atoms with van der Waals surface area (Å²) in [6.07, 6.45) is 3.05. The highest BCUT2D eigenvalue weighted by Crippen LogP contribution is 2.29. The Kier molecular flexibility index (Phi) is 4.00. The van der Waals surface area contributed by atoms with Gasteiger partial charge in [0.2, 0.25) is 0 Å². The molecule has 1 unspecified atom stereocenters. The number of hydrogen-bond acceptors (Lipinski definition) is 3. The summed E-state index contributed by atoms with van der Waals surface area (Å²) in [5, 5.41) is 3.49. The Balaban J connectivity index is 1.74. The molecule has 0 aromatic carbocycles. The Morgan fingerprint density at radius 1 is 1.40 bits per heavy atom. The van der Waals surface area contributed by atoms with Crippen molar-refractivity contribution in [2.75, 3.05) is 32.8 Å². The minimum atomic E-state index is 0.548. The summed E-state index contributed by atoms with van der Waals surface area (Å²) in [6.45, 7) is 10.1. The maximum atomic E-state index is 5.61. The fourth-order valence-electron chi connectivity index (χ4n) is 2.67. The summed E-state index contributed by atoms with van der Waals surface area (Å²) in [6, 6.07) is 0.795. The summed E-state index contributed by atoms with van der Waals surface area (Å²) >= 11 is 0. The molecule has 0 radical (unpaired) electrons. The van der Waals surface area contributed by atoms with Crippen molar-refractivity contribution in [3.63, 3.8) is 0 Å². The summed E-state index contributed by atoms with van der Waals surface area (Å²) in [5.74, 6) is 0.790. The van der Waals surface area contributed by atoms with E-state index < -0.39 is 0 Å². The lowest BCUT2D eigenvalue weighted by atomic mass is 9.87. The molecule has 0 spiro atoms. The molecule has 0 aromatic heterocycles.